The number of carbonyl (C=O) groups excluding carboxylic acids is 1. The number of methoxy groups -OCH3 is 1. The number of aromatic nitrogens is 2. The Hall–Kier alpha value is -3.32. The summed E-state index contributed by atoms with van der Waals surface area (Å²) in [5, 5.41) is 0. The van der Waals surface area contributed by atoms with Crippen LogP contribution in [0.4, 0.5) is 4.39 Å². The zero-order chi connectivity index (χ0) is 22.3. The van der Waals surface area contributed by atoms with Gasteiger partial charge in [-0.3, -0.25) is 14.8 Å². The number of nitrogens with zero attached hydrogens (tertiary/aromatic N) is 3. The summed E-state index contributed by atoms with van der Waals surface area (Å²) in [5.74, 6) is 0.398. The number of carbonyl (C=O) groups is 1. The third kappa shape index (κ3) is 5.29. The molecule has 1 unspecified atom stereocenters. The van der Waals surface area contributed by atoms with Gasteiger partial charge in [0.15, 0.2) is 0 Å². The van der Waals surface area contributed by atoms with E-state index in [2.05, 4.69) is 4.98 Å². The maximum atomic E-state index is 13.5. The van der Waals surface area contributed by atoms with Crippen molar-refractivity contribution in [2.75, 3.05) is 26.9 Å². The molecule has 1 fully saturated rings. The molecule has 7 heteroatoms. The van der Waals surface area contributed by atoms with E-state index in [1.54, 1.807) is 49.8 Å². The van der Waals surface area contributed by atoms with Crippen LogP contribution in [-0.4, -0.2) is 47.6 Å². The normalized spacial score (nSPS) is 15.7. The molecule has 4 rings (SSSR count). The highest BCUT2D eigenvalue weighted by Gasteiger charge is 2.32. The number of hydrogen-bond donors (Lipinski definition) is 0. The van der Waals surface area contributed by atoms with Crippen molar-refractivity contribution in [3.63, 3.8) is 0 Å². The molecule has 2 aromatic carbocycles. The summed E-state index contributed by atoms with van der Waals surface area (Å²) in [4.78, 5) is 24.1. The van der Waals surface area contributed by atoms with Crippen molar-refractivity contribution in [1.82, 2.24) is 14.9 Å². The van der Waals surface area contributed by atoms with Crippen LogP contribution in [0.2, 0.25) is 0 Å². The molecule has 0 spiro atoms. The first-order chi connectivity index (χ1) is 15.6. The molecule has 1 aliphatic heterocycles. The minimum absolute atomic E-state index is 0.0340. The van der Waals surface area contributed by atoms with Gasteiger partial charge in [-0.05, 0) is 54.8 Å². The van der Waals surface area contributed by atoms with Crippen molar-refractivity contribution in [1.29, 1.82) is 0 Å². The molecule has 0 N–H and O–H groups in total. The van der Waals surface area contributed by atoms with Gasteiger partial charge in [-0.1, -0.05) is 12.1 Å². The zero-order valence-corrected chi connectivity index (χ0v) is 18.0. The molecule has 3 aromatic rings. The fourth-order valence-corrected chi connectivity index (χ4v) is 3.94. The average molecular weight is 435 g/mol. The number of hydrogen-bond acceptors (Lipinski definition) is 5. The zero-order valence-electron chi connectivity index (χ0n) is 18.0. The number of benzene rings is 2. The minimum Gasteiger partial charge on any atom is -0.491 e. The molecule has 0 aliphatic carbocycles. The highest BCUT2D eigenvalue weighted by molar-refractivity contribution is 5.94. The summed E-state index contributed by atoms with van der Waals surface area (Å²) in [6.07, 6.45) is 5.65. The highest BCUT2D eigenvalue weighted by atomic mass is 19.1. The standard InChI is InChI=1S/C25H26FN3O3/c1-31-12-13-32-22-9-7-19(8-10-22)25(30)29-11-3-6-24(29)23-17-27-16-21(28-23)15-18-4-2-5-20(26)14-18/h2,4-5,7-10,14,16-17,24H,3,6,11-13,15H2,1H3. The van der Waals surface area contributed by atoms with Crippen LogP contribution < -0.4 is 4.74 Å². The lowest BCUT2D eigenvalue weighted by Crippen LogP contribution is -2.31. The maximum Gasteiger partial charge on any atom is 0.254 e. The Labute approximate surface area is 187 Å². The van der Waals surface area contributed by atoms with E-state index < -0.39 is 0 Å². The van der Waals surface area contributed by atoms with Gasteiger partial charge in [0, 0.05) is 31.8 Å². The number of rotatable bonds is 8. The fraction of sp³-hybridized carbons (Fsp3) is 0.320. The van der Waals surface area contributed by atoms with E-state index in [-0.39, 0.29) is 17.8 Å². The Bertz CT molecular complexity index is 1060. The molecule has 32 heavy (non-hydrogen) atoms. The van der Waals surface area contributed by atoms with E-state index in [9.17, 15) is 9.18 Å². The van der Waals surface area contributed by atoms with Gasteiger partial charge in [-0.25, -0.2) is 4.39 Å². The number of ether oxygens (including phenoxy) is 2. The van der Waals surface area contributed by atoms with Crippen LogP contribution in [0.5, 0.6) is 5.75 Å². The summed E-state index contributed by atoms with van der Waals surface area (Å²) in [5.41, 5.74) is 2.97. The first-order valence-corrected chi connectivity index (χ1v) is 10.7. The Morgan fingerprint density at radius 1 is 1.16 bits per heavy atom. The summed E-state index contributed by atoms with van der Waals surface area (Å²) in [6.45, 7) is 1.64. The second-order valence-corrected chi connectivity index (χ2v) is 7.76. The van der Waals surface area contributed by atoms with E-state index >= 15 is 0 Å². The molecule has 1 amide bonds. The van der Waals surface area contributed by atoms with Crippen LogP contribution >= 0.6 is 0 Å². The largest absolute Gasteiger partial charge is 0.491 e. The third-order valence-corrected chi connectivity index (χ3v) is 5.49. The highest BCUT2D eigenvalue weighted by Crippen LogP contribution is 2.32. The van der Waals surface area contributed by atoms with Crippen molar-refractivity contribution in [2.24, 2.45) is 0 Å². The lowest BCUT2D eigenvalue weighted by atomic mass is 10.1. The van der Waals surface area contributed by atoms with Crippen LogP contribution in [0.25, 0.3) is 0 Å². The molecule has 2 heterocycles. The van der Waals surface area contributed by atoms with Gasteiger partial charge < -0.3 is 14.4 Å². The van der Waals surface area contributed by atoms with E-state index in [1.165, 1.54) is 12.1 Å². The molecular formula is C25H26FN3O3. The second-order valence-electron chi connectivity index (χ2n) is 7.76. The van der Waals surface area contributed by atoms with Gasteiger partial charge in [-0.15, -0.1) is 0 Å². The van der Waals surface area contributed by atoms with E-state index in [0.717, 1.165) is 29.8 Å². The van der Waals surface area contributed by atoms with Gasteiger partial charge >= 0.3 is 0 Å². The molecular weight excluding hydrogens is 409 g/mol. The number of halogens is 1. The SMILES string of the molecule is COCCOc1ccc(C(=O)N2CCCC2c2cncc(Cc3cccc(F)c3)n2)cc1. The van der Waals surface area contributed by atoms with Crippen molar-refractivity contribution in [3.8, 4) is 5.75 Å². The van der Waals surface area contributed by atoms with Gasteiger partial charge in [0.05, 0.1) is 30.2 Å². The van der Waals surface area contributed by atoms with Crippen molar-refractivity contribution in [3.05, 3.63) is 89.3 Å². The van der Waals surface area contributed by atoms with E-state index in [0.29, 0.717) is 37.5 Å². The Morgan fingerprint density at radius 2 is 2.00 bits per heavy atom. The molecule has 1 aromatic heterocycles. The first kappa shape index (κ1) is 21.9. The van der Waals surface area contributed by atoms with Crippen molar-refractivity contribution >= 4 is 5.91 Å². The lowest BCUT2D eigenvalue weighted by molar-refractivity contribution is 0.0732. The molecule has 1 atom stereocenters. The molecule has 0 bridgehead atoms. The van der Waals surface area contributed by atoms with Crippen LogP contribution in [0.15, 0.2) is 60.9 Å². The van der Waals surface area contributed by atoms with Crippen LogP contribution in [0.3, 0.4) is 0 Å². The van der Waals surface area contributed by atoms with Gasteiger partial charge in [0.25, 0.3) is 5.91 Å². The van der Waals surface area contributed by atoms with Crippen LogP contribution in [0.1, 0.15) is 46.2 Å². The van der Waals surface area contributed by atoms with Crippen molar-refractivity contribution < 1.29 is 18.7 Å². The summed E-state index contributed by atoms with van der Waals surface area (Å²) < 4.78 is 24.1. The topological polar surface area (TPSA) is 64.6 Å². The first-order valence-electron chi connectivity index (χ1n) is 10.7. The van der Waals surface area contributed by atoms with Crippen LogP contribution in [0, 0.1) is 5.82 Å². The van der Waals surface area contributed by atoms with Gasteiger partial charge in [0.2, 0.25) is 0 Å². The van der Waals surface area contributed by atoms with E-state index in [4.69, 9.17) is 14.5 Å². The summed E-state index contributed by atoms with van der Waals surface area (Å²) in [6, 6.07) is 13.5. The quantitative estimate of drug-likeness (QED) is 0.496. The fourth-order valence-electron chi connectivity index (χ4n) is 3.94. The Balaban J connectivity index is 1.47. The summed E-state index contributed by atoms with van der Waals surface area (Å²) in [7, 11) is 1.62. The average Bonchev–Trinajstić information content (AvgIpc) is 3.30. The van der Waals surface area contributed by atoms with E-state index in [1.807, 2.05) is 11.0 Å². The maximum absolute atomic E-state index is 13.5. The predicted octanol–water partition coefficient (Wildman–Crippen LogP) is 4.21. The molecule has 166 valence electrons. The third-order valence-electron chi connectivity index (χ3n) is 5.49. The Morgan fingerprint density at radius 3 is 2.78 bits per heavy atom. The Kier molecular flexibility index (Phi) is 7.07. The molecule has 1 saturated heterocycles. The molecule has 6 nitrogen and oxygen atoms in total. The molecule has 0 radical (unpaired) electrons. The molecule has 1 aliphatic rings. The minimum atomic E-state index is -0.269. The van der Waals surface area contributed by atoms with Crippen LogP contribution in [-0.2, 0) is 11.2 Å². The monoisotopic (exact) mass is 435 g/mol. The smallest absolute Gasteiger partial charge is 0.254 e. The summed E-state index contributed by atoms with van der Waals surface area (Å²) >= 11 is 0. The molecule has 0 saturated carbocycles. The number of amides is 1. The predicted molar refractivity (Wildman–Crippen MR) is 118 cm³/mol. The van der Waals surface area contributed by atoms with Gasteiger partial charge in [0.1, 0.15) is 18.2 Å². The lowest BCUT2D eigenvalue weighted by Gasteiger charge is -2.24. The number of likely N-dealkylation sites (tertiary alicyclic amines) is 1. The van der Waals surface area contributed by atoms with Gasteiger partial charge in [-0.2, -0.15) is 0 Å². The second kappa shape index (κ2) is 10.3. The van der Waals surface area contributed by atoms with Crippen molar-refractivity contribution in [2.45, 2.75) is 25.3 Å².